The summed E-state index contributed by atoms with van der Waals surface area (Å²) in [7, 11) is 1.68. The third-order valence-corrected chi connectivity index (χ3v) is 5.16. The minimum atomic E-state index is 0.165. The zero-order valence-corrected chi connectivity index (χ0v) is 14.5. The Morgan fingerprint density at radius 3 is 2.70 bits per heavy atom. The first-order chi connectivity index (χ1) is 9.53. The van der Waals surface area contributed by atoms with E-state index in [1.54, 1.807) is 7.11 Å². The van der Waals surface area contributed by atoms with E-state index in [0.717, 1.165) is 23.3 Å². The lowest BCUT2D eigenvalue weighted by Gasteiger charge is -2.23. The maximum absolute atomic E-state index is 5.24. The van der Waals surface area contributed by atoms with Gasteiger partial charge in [0.25, 0.3) is 0 Å². The lowest BCUT2D eigenvalue weighted by atomic mass is 9.91. The normalized spacial score (nSPS) is 11.6. The van der Waals surface area contributed by atoms with Crippen LogP contribution in [0.1, 0.15) is 24.3 Å². The minimum Gasteiger partial charge on any atom is -0.496 e. The molecular formula is C16H20BrNOS. The van der Waals surface area contributed by atoms with Gasteiger partial charge >= 0.3 is 0 Å². The summed E-state index contributed by atoms with van der Waals surface area (Å²) in [5.41, 5.74) is 1.41. The fourth-order valence-corrected chi connectivity index (χ4v) is 3.53. The number of nitrogens with one attached hydrogen (secondary N) is 1. The second-order valence-corrected chi connectivity index (χ2v) is 7.24. The molecule has 0 spiro atoms. The van der Waals surface area contributed by atoms with Crippen LogP contribution >= 0.6 is 27.3 Å². The average Bonchev–Trinajstić information content (AvgIpc) is 2.93. The highest BCUT2D eigenvalue weighted by Gasteiger charge is 2.20. The van der Waals surface area contributed by atoms with Gasteiger partial charge in [0.1, 0.15) is 5.75 Å². The highest BCUT2D eigenvalue weighted by Crippen LogP contribution is 2.27. The van der Waals surface area contributed by atoms with E-state index in [-0.39, 0.29) is 5.41 Å². The van der Waals surface area contributed by atoms with Gasteiger partial charge in [0.2, 0.25) is 0 Å². The molecule has 4 heteroatoms. The molecule has 20 heavy (non-hydrogen) atoms. The molecule has 1 N–H and O–H groups in total. The molecule has 0 saturated heterocycles. The van der Waals surface area contributed by atoms with Crippen LogP contribution in [0.4, 0.5) is 0 Å². The maximum atomic E-state index is 5.24. The molecule has 0 radical (unpaired) electrons. The van der Waals surface area contributed by atoms with Crippen molar-refractivity contribution in [2.24, 2.45) is 0 Å². The summed E-state index contributed by atoms with van der Waals surface area (Å²) in [5.74, 6) is 0.868. The largest absolute Gasteiger partial charge is 0.496 e. The summed E-state index contributed by atoms with van der Waals surface area (Å²) >= 11 is 5.34. The molecule has 0 unspecified atom stereocenters. The first kappa shape index (κ1) is 15.5. The van der Waals surface area contributed by atoms with E-state index in [9.17, 15) is 0 Å². The van der Waals surface area contributed by atoms with Crippen LogP contribution in [0.2, 0.25) is 0 Å². The summed E-state index contributed by atoms with van der Waals surface area (Å²) < 4.78 is 6.24. The van der Waals surface area contributed by atoms with E-state index in [4.69, 9.17) is 4.74 Å². The van der Waals surface area contributed by atoms with Crippen LogP contribution in [0, 0.1) is 0 Å². The summed E-state index contributed by atoms with van der Waals surface area (Å²) in [6, 6.07) is 10.5. The predicted molar refractivity (Wildman–Crippen MR) is 89.7 cm³/mol. The highest BCUT2D eigenvalue weighted by atomic mass is 79.9. The number of hydrogen-bond donors (Lipinski definition) is 1. The monoisotopic (exact) mass is 353 g/mol. The Hall–Kier alpha value is -0.840. The van der Waals surface area contributed by atoms with Gasteiger partial charge in [-0.3, -0.25) is 0 Å². The Labute approximate surface area is 133 Å². The van der Waals surface area contributed by atoms with Gasteiger partial charge in [-0.2, -0.15) is 0 Å². The Morgan fingerprint density at radius 2 is 2.10 bits per heavy atom. The van der Waals surface area contributed by atoms with Gasteiger partial charge in [-0.25, -0.2) is 0 Å². The van der Waals surface area contributed by atoms with E-state index < -0.39 is 0 Å². The highest BCUT2D eigenvalue weighted by molar-refractivity contribution is 9.10. The molecule has 108 valence electrons. The molecule has 0 aliphatic rings. The Balaban J connectivity index is 1.91. The molecule has 2 nitrogen and oxygen atoms in total. The number of rotatable bonds is 6. The zero-order chi connectivity index (χ0) is 14.6. The van der Waals surface area contributed by atoms with Crippen LogP contribution in [0.15, 0.2) is 40.2 Å². The van der Waals surface area contributed by atoms with E-state index in [1.807, 2.05) is 17.4 Å². The Kier molecular flexibility index (Phi) is 5.24. The van der Waals surface area contributed by atoms with E-state index >= 15 is 0 Å². The van der Waals surface area contributed by atoms with Crippen molar-refractivity contribution in [2.75, 3.05) is 13.7 Å². The van der Waals surface area contributed by atoms with Gasteiger partial charge in [-0.15, -0.1) is 11.3 Å². The second-order valence-electron chi connectivity index (χ2n) is 5.43. The molecule has 0 bridgehead atoms. The number of hydrogen-bond acceptors (Lipinski definition) is 3. The fraction of sp³-hybridized carbons (Fsp3) is 0.375. The predicted octanol–water partition coefficient (Wildman–Crippen LogP) is 4.59. The molecule has 2 aromatic rings. The Bertz CT molecular complexity index is 552. The topological polar surface area (TPSA) is 21.3 Å². The molecule has 1 aromatic carbocycles. The van der Waals surface area contributed by atoms with Gasteiger partial charge in [0.05, 0.1) is 11.6 Å². The van der Waals surface area contributed by atoms with Gasteiger partial charge in [-0.1, -0.05) is 26.0 Å². The first-order valence-electron chi connectivity index (χ1n) is 6.60. The summed E-state index contributed by atoms with van der Waals surface area (Å²) in [4.78, 5) is 1.42. The minimum absolute atomic E-state index is 0.165. The molecule has 1 aromatic heterocycles. The quantitative estimate of drug-likeness (QED) is 0.819. The third-order valence-electron chi connectivity index (χ3n) is 3.30. The van der Waals surface area contributed by atoms with Crippen LogP contribution in [-0.2, 0) is 12.0 Å². The SMILES string of the molecule is COc1ccc(CNCC(C)(C)c2cccs2)cc1Br. The summed E-state index contributed by atoms with van der Waals surface area (Å²) in [6.07, 6.45) is 0. The number of halogens is 1. The van der Waals surface area contributed by atoms with Gasteiger partial charge in [0.15, 0.2) is 0 Å². The average molecular weight is 354 g/mol. The lowest BCUT2D eigenvalue weighted by Crippen LogP contribution is -2.31. The van der Waals surface area contributed by atoms with Crippen LogP contribution in [0.25, 0.3) is 0 Å². The van der Waals surface area contributed by atoms with E-state index in [1.165, 1.54) is 10.4 Å². The molecule has 0 aliphatic carbocycles. The number of methoxy groups -OCH3 is 1. The van der Waals surface area contributed by atoms with Crippen molar-refractivity contribution in [3.8, 4) is 5.75 Å². The second kappa shape index (κ2) is 6.74. The van der Waals surface area contributed by atoms with Crippen LogP contribution in [0.3, 0.4) is 0 Å². The van der Waals surface area contributed by atoms with Gasteiger partial charge < -0.3 is 10.1 Å². The fourth-order valence-electron chi connectivity index (χ4n) is 2.09. The van der Waals surface area contributed by atoms with E-state index in [2.05, 4.69) is 64.7 Å². The van der Waals surface area contributed by atoms with Crippen LogP contribution in [0.5, 0.6) is 5.75 Å². The molecule has 0 saturated carbocycles. The van der Waals surface area contributed by atoms with Crippen molar-refractivity contribution in [3.05, 3.63) is 50.6 Å². The standard InChI is InChI=1S/C16H20BrNOS/c1-16(2,15-5-4-8-20-15)11-18-10-12-6-7-14(19-3)13(17)9-12/h4-9,18H,10-11H2,1-3H3. The molecule has 0 fully saturated rings. The number of thiophene rings is 1. The van der Waals surface area contributed by atoms with Gasteiger partial charge in [0, 0.05) is 23.4 Å². The molecule has 2 rings (SSSR count). The molecule has 0 amide bonds. The first-order valence-corrected chi connectivity index (χ1v) is 8.27. The molecule has 1 heterocycles. The maximum Gasteiger partial charge on any atom is 0.133 e. The third kappa shape index (κ3) is 3.84. The lowest BCUT2D eigenvalue weighted by molar-refractivity contribution is 0.411. The van der Waals surface area contributed by atoms with Crippen molar-refractivity contribution in [1.29, 1.82) is 0 Å². The van der Waals surface area contributed by atoms with Crippen molar-refractivity contribution in [3.63, 3.8) is 0 Å². The Morgan fingerprint density at radius 1 is 1.30 bits per heavy atom. The van der Waals surface area contributed by atoms with Crippen molar-refractivity contribution >= 4 is 27.3 Å². The van der Waals surface area contributed by atoms with Crippen LogP contribution in [-0.4, -0.2) is 13.7 Å². The van der Waals surface area contributed by atoms with Gasteiger partial charge in [-0.05, 0) is 45.1 Å². The molecule has 0 atom stereocenters. The molecular weight excluding hydrogens is 334 g/mol. The van der Waals surface area contributed by atoms with Crippen molar-refractivity contribution < 1.29 is 4.74 Å². The smallest absolute Gasteiger partial charge is 0.133 e. The molecule has 0 aliphatic heterocycles. The van der Waals surface area contributed by atoms with Crippen molar-refractivity contribution in [1.82, 2.24) is 5.32 Å². The number of ether oxygens (including phenoxy) is 1. The number of benzene rings is 1. The van der Waals surface area contributed by atoms with E-state index in [0.29, 0.717) is 0 Å². The zero-order valence-electron chi connectivity index (χ0n) is 12.1. The van der Waals surface area contributed by atoms with Crippen LogP contribution < -0.4 is 10.1 Å². The summed E-state index contributed by atoms with van der Waals surface area (Å²) in [5, 5.41) is 5.68. The van der Waals surface area contributed by atoms with Crippen molar-refractivity contribution in [2.45, 2.75) is 25.8 Å². The summed E-state index contributed by atoms with van der Waals surface area (Å²) in [6.45, 7) is 6.36.